The van der Waals surface area contributed by atoms with E-state index in [9.17, 15) is 4.79 Å². The third-order valence-corrected chi connectivity index (χ3v) is 6.34. The van der Waals surface area contributed by atoms with Crippen LogP contribution in [-0.4, -0.2) is 22.4 Å². The summed E-state index contributed by atoms with van der Waals surface area (Å²) in [5.41, 5.74) is 8.23. The number of aromatic nitrogens is 2. The van der Waals surface area contributed by atoms with Gasteiger partial charge in [0.1, 0.15) is 6.33 Å². The number of halogens is 1. The van der Waals surface area contributed by atoms with E-state index >= 15 is 4.39 Å². The van der Waals surface area contributed by atoms with E-state index in [4.69, 9.17) is 5.73 Å². The van der Waals surface area contributed by atoms with Crippen molar-refractivity contribution in [3.05, 3.63) is 95.6 Å². The highest BCUT2D eigenvalue weighted by Crippen LogP contribution is 2.39. The number of fused-ring (bicyclic) bond motifs is 1. The minimum absolute atomic E-state index is 0.0566. The Morgan fingerprint density at radius 1 is 1.03 bits per heavy atom. The first-order valence-corrected chi connectivity index (χ1v) is 11.4. The van der Waals surface area contributed by atoms with Crippen LogP contribution >= 0.6 is 0 Å². The van der Waals surface area contributed by atoms with Gasteiger partial charge in [-0.15, -0.1) is 0 Å². The molecule has 6 nitrogen and oxygen atoms in total. The molecule has 1 aliphatic rings. The number of nitrogens with two attached hydrogens (primary N) is 1. The van der Waals surface area contributed by atoms with Gasteiger partial charge in [0.2, 0.25) is 11.7 Å². The number of amides is 1. The molecule has 4 aromatic rings. The molecule has 5 rings (SSSR count). The van der Waals surface area contributed by atoms with E-state index in [2.05, 4.69) is 50.5 Å². The third-order valence-electron chi connectivity index (χ3n) is 6.34. The molecule has 1 amide bonds. The zero-order chi connectivity index (χ0) is 23.5. The predicted octanol–water partition coefficient (Wildman–Crippen LogP) is 4.75. The number of hydrogen-bond donors (Lipinski definition) is 2. The number of primary amides is 1. The number of nitrogens with one attached hydrogen (secondary N) is 1. The Bertz CT molecular complexity index is 1320. The number of rotatable bonds is 7. The van der Waals surface area contributed by atoms with Crippen molar-refractivity contribution < 1.29 is 9.18 Å². The number of anilines is 2. The second kappa shape index (κ2) is 9.47. The quantitative estimate of drug-likeness (QED) is 0.420. The minimum Gasteiger partial charge on any atom is -0.369 e. The summed E-state index contributed by atoms with van der Waals surface area (Å²) in [5.74, 6) is -0.315. The molecule has 172 valence electrons. The molecule has 7 heteroatoms. The topological polar surface area (TPSA) is 84.1 Å². The molecule has 0 aliphatic carbocycles. The molecule has 1 saturated heterocycles. The van der Waals surface area contributed by atoms with Crippen LogP contribution in [0.15, 0.2) is 73.1 Å². The van der Waals surface area contributed by atoms with Gasteiger partial charge < -0.3 is 16.0 Å². The minimum atomic E-state index is -0.444. The van der Waals surface area contributed by atoms with Gasteiger partial charge in [0, 0.05) is 13.1 Å². The first-order chi connectivity index (χ1) is 16.6. The molecule has 1 aromatic heterocycles. The highest BCUT2D eigenvalue weighted by molar-refractivity contribution is 5.86. The van der Waals surface area contributed by atoms with Crippen LogP contribution in [0.5, 0.6) is 0 Å². The molecule has 0 bridgehead atoms. The smallest absolute Gasteiger partial charge is 0.221 e. The molecule has 3 aromatic carbocycles. The van der Waals surface area contributed by atoms with Crippen molar-refractivity contribution in [3.8, 4) is 0 Å². The van der Waals surface area contributed by atoms with Crippen molar-refractivity contribution in [2.24, 2.45) is 5.73 Å². The van der Waals surface area contributed by atoms with Gasteiger partial charge in [-0.3, -0.25) is 4.79 Å². The lowest BCUT2D eigenvalue weighted by atomic mass is 9.97. The Balaban J connectivity index is 1.37. The molecule has 1 atom stereocenters. The summed E-state index contributed by atoms with van der Waals surface area (Å²) in [4.78, 5) is 21.6. The van der Waals surface area contributed by atoms with Crippen LogP contribution in [0.4, 0.5) is 16.0 Å². The lowest BCUT2D eigenvalue weighted by Gasteiger charge is -2.27. The van der Waals surface area contributed by atoms with E-state index in [1.165, 1.54) is 22.7 Å². The van der Waals surface area contributed by atoms with Crippen LogP contribution < -0.4 is 16.0 Å². The molecule has 1 fully saturated rings. The van der Waals surface area contributed by atoms with Gasteiger partial charge in [-0.25, -0.2) is 9.97 Å². The maximum Gasteiger partial charge on any atom is 0.221 e. The van der Waals surface area contributed by atoms with Gasteiger partial charge in [0.15, 0.2) is 11.6 Å². The fourth-order valence-corrected chi connectivity index (χ4v) is 4.73. The second-order valence-electron chi connectivity index (χ2n) is 8.59. The van der Waals surface area contributed by atoms with Gasteiger partial charge in [0.05, 0.1) is 12.5 Å². The Hall–Kier alpha value is -4.00. The number of hydrogen-bond acceptors (Lipinski definition) is 5. The van der Waals surface area contributed by atoms with Gasteiger partial charge in [-0.2, -0.15) is 4.39 Å². The highest BCUT2D eigenvalue weighted by Gasteiger charge is 2.31. The fraction of sp³-hybridized carbons (Fsp3) is 0.222. The standard InChI is InChI=1S/C27H26FN5O/c28-25-26(30-16-19-12-10-18(11-13-19)15-24(29)34)31-17-32-27(25)33-14-4-9-23(33)22-8-3-6-20-5-1-2-7-21(20)22/h1-3,5-8,10-13,17,23H,4,9,14-16H2,(H2,29,34)(H,30,31,32). The van der Waals surface area contributed by atoms with Crippen molar-refractivity contribution in [3.63, 3.8) is 0 Å². The molecule has 1 aliphatic heterocycles. The van der Waals surface area contributed by atoms with Crippen molar-refractivity contribution in [2.45, 2.75) is 31.8 Å². The second-order valence-corrected chi connectivity index (χ2v) is 8.59. The molecule has 0 radical (unpaired) electrons. The maximum absolute atomic E-state index is 15.6. The van der Waals surface area contributed by atoms with Crippen molar-refractivity contribution in [2.75, 3.05) is 16.8 Å². The Morgan fingerprint density at radius 2 is 1.79 bits per heavy atom. The van der Waals surface area contributed by atoms with Gasteiger partial charge >= 0.3 is 0 Å². The highest BCUT2D eigenvalue weighted by atomic mass is 19.1. The zero-order valence-corrected chi connectivity index (χ0v) is 18.7. The predicted molar refractivity (Wildman–Crippen MR) is 132 cm³/mol. The summed E-state index contributed by atoms with van der Waals surface area (Å²) in [6.07, 6.45) is 3.52. The SMILES string of the molecule is NC(=O)Cc1ccc(CNc2ncnc(N3CCCC3c3cccc4ccccc34)c2F)cc1. The molecule has 0 spiro atoms. The summed E-state index contributed by atoms with van der Waals surface area (Å²) < 4.78 is 15.6. The van der Waals surface area contributed by atoms with Gasteiger partial charge in [0.25, 0.3) is 0 Å². The largest absolute Gasteiger partial charge is 0.369 e. The average molecular weight is 456 g/mol. The van der Waals surface area contributed by atoms with E-state index in [1.54, 1.807) is 0 Å². The first-order valence-electron chi connectivity index (χ1n) is 11.4. The van der Waals surface area contributed by atoms with Crippen LogP contribution in [0.3, 0.4) is 0 Å². The van der Waals surface area contributed by atoms with E-state index in [-0.39, 0.29) is 24.2 Å². The number of benzene rings is 3. The van der Waals surface area contributed by atoms with Crippen molar-refractivity contribution >= 4 is 28.3 Å². The average Bonchev–Trinajstić information content (AvgIpc) is 3.33. The van der Waals surface area contributed by atoms with Crippen molar-refractivity contribution in [1.29, 1.82) is 0 Å². The van der Waals surface area contributed by atoms with E-state index < -0.39 is 5.82 Å². The fourth-order valence-electron chi connectivity index (χ4n) is 4.73. The van der Waals surface area contributed by atoms with Crippen LogP contribution in [0.2, 0.25) is 0 Å². The van der Waals surface area contributed by atoms with Gasteiger partial charge in [-0.1, -0.05) is 66.7 Å². The van der Waals surface area contributed by atoms with Crippen LogP contribution in [0, 0.1) is 5.82 Å². The van der Waals surface area contributed by atoms with Crippen LogP contribution in [-0.2, 0) is 17.8 Å². The van der Waals surface area contributed by atoms with Crippen molar-refractivity contribution in [1.82, 2.24) is 9.97 Å². The molecule has 2 heterocycles. The Labute approximate surface area is 197 Å². The molecular weight excluding hydrogens is 429 g/mol. The van der Waals surface area contributed by atoms with Gasteiger partial charge in [-0.05, 0) is 40.3 Å². The molecule has 34 heavy (non-hydrogen) atoms. The molecular formula is C27H26FN5O. The van der Waals surface area contributed by atoms with E-state index in [0.717, 1.165) is 30.5 Å². The third kappa shape index (κ3) is 4.41. The number of carbonyl (C=O) groups excluding carboxylic acids is 1. The van der Waals surface area contributed by atoms with E-state index in [0.29, 0.717) is 12.4 Å². The van der Waals surface area contributed by atoms with E-state index in [1.807, 2.05) is 36.4 Å². The van der Waals surface area contributed by atoms with Crippen LogP contribution in [0.1, 0.15) is 35.6 Å². The Kier molecular flexibility index (Phi) is 6.08. The lowest BCUT2D eigenvalue weighted by molar-refractivity contribution is -0.117. The number of carbonyl (C=O) groups is 1. The summed E-state index contributed by atoms with van der Waals surface area (Å²) in [6.45, 7) is 1.14. The molecule has 3 N–H and O–H groups in total. The first kappa shape index (κ1) is 21.8. The molecule has 1 unspecified atom stereocenters. The summed E-state index contributed by atoms with van der Waals surface area (Å²) in [5, 5.41) is 5.46. The number of nitrogens with zero attached hydrogens (tertiary/aromatic N) is 3. The summed E-state index contributed by atoms with van der Waals surface area (Å²) in [7, 11) is 0. The summed E-state index contributed by atoms with van der Waals surface area (Å²) in [6, 6.07) is 22.1. The summed E-state index contributed by atoms with van der Waals surface area (Å²) >= 11 is 0. The monoisotopic (exact) mass is 455 g/mol. The lowest BCUT2D eigenvalue weighted by Crippen LogP contribution is -2.25. The maximum atomic E-state index is 15.6. The molecule has 0 saturated carbocycles. The van der Waals surface area contributed by atoms with Crippen LogP contribution in [0.25, 0.3) is 10.8 Å². The normalized spacial score (nSPS) is 15.6. The zero-order valence-electron chi connectivity index (χ0n) is 18.7. The Morgan fingerprint density at radius 3 is 2.62 bits per heavy atom.